The topological polar surface area (TPSA) is 24.9 Å². The summed E-state index contributed by atoms with van der Waals surface area (Å²) in [5.41, 5.74) is 5.36. The standard InChI is InChI=1S/C13H12N2/c1-2-12-8-15-9-13(12)7-11(1)10-3-5-14-6-4-10/h1-7,15H,8-9H2. The Morgan fingerprint density at radius 1 is 0.867 bits per heavy atom. The van der Waals surface area contributed by atoms with Crippen LogP contribution in [-0.4, -0.2) is 4.98 Å². The molecule has 1 aliphatic rings. The first kappa shape index (κ1) is 8.62. The second-order valence-electron chi connectivity index (χ2n) is 3.82. The van der Waals surface area contributed by atoms with Gasteiger partial charge in [0, 0.05) is 25.5 Å². The van der Waals surface area contributed by atoms with Gasteiger partial charge in [-0.15, -0.1) is 0 Å². The molecule has 0 atom stereocenters. The molecule has 2 aromatic rings. The van der Waals surface area contributed by atoms with E-state index in [1.54, 1.807) is 0 Å². The smallest absolute Gasteiger partial charge is 0.0273 e. The van der Waals surface area contributed by atoms with Crippen molar-refractivity contribution >= 4 is 0 Å². The summed E-state index contributed by atoms with van der Waals surface area (Å²) >= 11 is 0. The number of nitrogens with one attached hydrogen (secondary N) is 1. The molecular formula is C13H12N2. The van der Waals surface area contributed by atoms with Crippen LogP contribution in [0, 0.1) is 0 Å². The van der Waals surface area contributed by atoms with E-state index in [4.69, 9.17) is 0 Å². The molecule has 0 saturated carbocycles. The van der Waals surface area contributed by atoms with E-state index in [0.29, 0.717) is 0 Å². The normalized spacial score (nSPS) is 13.9. The number of aromatic nitrogens is 1. The zero-order valence-electron chi connectivity index (χ0n) is 8.40. The van der Waals surface area contributed by atoms with Crippen molar-refractivity contribution in [1.29, 1.82) is 0 Å². The van der Waals surface area contributed by atoms with Gasteiger partial charge >= 0.3 is 0 Å². The highest BCUT2D eigenvalue weighted by atomic mass is 14.9. The lowest BCUT2D eigenvalue weighted by molar-refractivity contribution is 0.765. The number of pyridine rings is 1. The molecule has 2 heterocycles. The van der Waals surface area contributed by atoms with Crippen LogP contribution in [0.2, 0.25) is 0 Å². The predicted octanol–water partition coefficient (Wildman–Crippen LogP) is 2.35. The van der Waals surface area contributed by atoms with Crippen LogP contribution in [0.15, 0.2) is 42.7 Å². The van der Waals surface area contributed by atoms with E-state index < -0.39 is 0 Å². The van der Waals surface area contributed by atoms with E-state index in [9.17, 15) is 0 Å². The fraction of sp³-hybridized carbons (Fsp3) is 0.154. The molecule has 0 unspecified atom stereocenters. The molecule has 0 saturated heterocycles. The van der Waals surface area contributed by atoms with E-state index in [2.05, 4.69) is 28.5 Å². The van der Waals surface area contributed by atoms with Crippen molar-refractivity contribution in [1.82, 2.24) is 10.3 Å². The molecule has 2 heteroatoms. The van der Waals surface area contributed by atoms with E-state index in [-0.39, 0.29) is 0 Å². The van der Waals surface area contributed by atoms with Crippen molar-refractivity contribution < 1.29 is 0 Å². The van der Waals surface area contributed by atoms with Crippen molar-refractivity contribution in [2.75, 3.05) is 0 Å². The molecule has 74 valence electrons. The molecular weight excluding hydrogens is 184 g/mol. The van der Waals surface area contributed by atoms with Gasteiger partial charge in [-0.05, 0) is 40.5 Å². The first-order valence-corrected chi connectivity index (χ1v) is 5.16. The Bertz CT molecular complexity index is 477. The first-order valence-electron chi connectivity index (χ1n) is 5.16. The van der Waals surface area contributed by atoms with Gasteiger partial charge in [0.05, 0.1) is 0 Å². The van der Waals surface area contributed by atoms with Crippen molar-refractivity contribution in [3.8, 4) is 11.1 Å². The maximum Gasteiger partial charge on any atom is 0.0273 e. The fourth-order valence-electron chi connectivity index (χ4n) is 2.02. The zero-order chi connectivity index (χ0) is 10.1. The quantitative estimate of drug-likeness (QED) is 0.757. The molecule has 3 rings (SSSR count). The minimum Gasteiger partial charge on any atom is -0.309 e. The SMILES string of the molecule is c1cc(-c2ccc3c(c2)CNC3)ccn1. The molecule has 0 fully saturated rings. The van der Waals surface area contributed by atoms with Gasteiger partial charge in [-0.1, -0.05) is 12.1 Å². The van der Waals surface area contributed by atoms with E-state index >= 15 is 0 Å². The Hall–Kier alpha value is -1.67. The van der Waals surface area contributed by atoms with E-state index in [1.807, 2.05) is 24.5 Å². The third-order valence-corrected chi connectivity index (χ3v) is 2.85. The van der Waals surface area contributed by atoms with Crippen molar-refractivity contribution in [2.24, 2.45) is 0 Å². The Labute approximate surface area is 89.0 Å². The van der Waals surface area contributed by atoms with Gasteiger partial charge in [-0.3, -0.25) is 4.98 Å². The van der Waals surface area contributed by atoms with E-state index in [1.165, 1.54) is 22.3 Å². The van der Waals surface area contributed by atoms with Crippen LogP contribution >= 0.6 is 0 Å². The van der Waals surface area contributed by atoms with Crippen molar-refractivity contribution in [3.63, 3.8) is 0 Å². The van der Waals surface area contributed by atoms with E-state index in [0.717, 1.165) is 13.1 Å². The van der Waals surface area contributed by atoms with Gasteiger partial charge in [0.25, 0.3) is 0 Å². The summed E-state index contributed by atoms with van der Waals surface area (Å²) in [4.78, 5) is 4.03. The molecule has 1 aromatic carbocycles. The average molecular weight is 196 g/mol. The molecule has 1 N–H and O–H groups in total. The van der Waals surface area contributed by atoms with Gasteiger partial charge in [-0.2, -0.15) is 0 Å². The lowest BCUT2D eigenvalue weighted by atomic mass is 10.0. The lowest BCUT2D eigenvalue weighted by Crippen LogP contribution is -1.99. The Morgan fingerprint density at radius 2 is 1.67 bits per heavy atom. The zero-order valence-corrected chi connectivity index (χ0v) is 8.40. The second-order valence-corrected chi connectivity index (χ2v) is 3.82. The summed E-state index contributed by atoms with van der Waals surface area (Å²) in [5, 5.41) is 3.35. The Balaban J connectivity index is 2.07. The molecule has 15 heavy (non-hydrogen) atoms. The molecule has 0 spiro atoms. The van der Waals surface area contributed by atoms with Crippen LogP contribution in [-0.2, 0) is 13.1 Å². The van der Waals surface area contributed by atoms with Crippen molar-refractivity contribution in [2.45, 2.75) is 13.1 Å². The number of nitrogens with zero attached hydrogens (tertiary/aromatic N) is 1. The summed E-state index contributed by atoms with van der Waals surface area (Å²) in [7, 11) is 0. The Kier molecular flexibility index (Phi) is 2.00. The molecule has 0 amide bonds. The third kappa shape index (κ3) is 1.53. The van der Waals surface area contributed by atoms with Crippen LogP contribution in [0.3, 0.4) is 0 Å². The largest absolute Gasteiger partial charge is 0.309 e. The molecule has 0 aliphatic carbocycles. The lowest BCUT2D eigenvalue weighted by Gasteiger charge is -2.03. The highest BCUT2D eigenvalue weighted by molar-refractivity contribution is 5.64. The van der Waals surface area contributed by atoms with Crippen LogP contribution in [0.25, 0.3) is 11.1 Å². The molecule has 2 nitrogen and oxygen atoms in total. The van der Waals surface area contributed by atoms with Crippen LogP contribution < -0.4 is 5.32 Å². The minimum atomic E-state index is 0.994. The third-order valence-electron chi connectivity index (χ3n) is 2.85. The number of benzene rings is 1. The Morgan fingerprint density at radius 3 is 2.53 bits per heavy atom. The maximum absolute atomic E-state index is 4.03. The maximum atomic E-state index is 4.03. The fourth-order valence-corrected chi connectivity index (χ4v) is 2.02. The summed E-state index contributed by atoms with van der Waals surface area (Å²) in [6.07, 6.45) is 3.67. The van der Waals surface area contributed by atoms with Gasteiger partial charge in [-0.25, -0.2) is 0 Å². The van der Waals surface area contributed by atoms with Gasteiger partial charge in [0.1, 0.15) is 0 Å². The monoisotopic (exact) mass is 196 g/mol. The summed E-state index contributed by atoms with van der Waals surface area (Å²) < 4.78 is 0. The predicted molar refractivity (Wildman–Crippen MR) is 60.2 cm³/mol. The molecule has 0 radical (unpaired) electrons. The summed E-state index contributed by atoms with van der Waals surface area (Å²) in [5.74, 6) is 0. The number of hydrogen-bond acceptors (Lipinski definition) is 2. The van der Waals surface area contributed by atoms with Crippen LogP contribution in [0.1, 0.15) is 11.1 Å². The number of rotatable bonds is 1. The van der Waals surface area contributed by atoms with Gasteiger partial charge in [0.2, 0.25) is 0 Å². The van der Waals surface area contributed by atoms with Gasteiger partial charge in [0.15, 0.2) is 0 Å². The second kappa shape index (κ2) is 3.48. The average Bonchev–Trinajstić information content (AvgIpc) is 2.77. The van der Waals surface area contributed by atoms with Gasteiger partial charge < -0.3 is 5.32 Å². The highest BCUT2D eigenvalue weighted by Gasteiger charge is 2.10. The van der Waals surface area contributed by atoms with Crippen LogP contribution in [0.5, 0.6) is 0 Å². The number of hydrogen-bond donors (Lipinski definition) is 1. The molecule has 1 aliphatic heterocycles. The molecule has 0 bridgehead atoms. The van der Waals surface area contributed by atoms with Crippen molar-refractivity contribution in [3.05, 3.63) is 53.9 Å². The molecule has 1 aromatic heterocycles. The summed E-state index contributed by atoms with van der Waals surface area (Å²) in [6.45, 7) is 2.00. The summed E-state index contributed by atoms with van der Waals surface area (Å²) in [6, 6.07) is 10.8. The minimum absolute atomic E-state index is 0.994. The number of fused-ring (bicyclic) bond motifs is 1. The first-order chi connectivity index (χ1) is 7.43. The highest BCUT2D eigenvalue weighted by Crippen LogP contribution is 2.24. The van der Waals surface area contributed by atoms with Crippen LogP contribution in [0.4, 0.5) is 0 Å².